The van der Waals surface area contributed by atoms with Crippen molar-refractivity contribution in [2.75, 3.05) is 27.2 Å². The molecule has 0 aliphatic carbocycles. The molecule has 0 aliphatic rings. The average molecular weight is 396 g/mol. The molecule has 1 N–H and O–H groups in total. The Kier molecular flexibility index (Phi) is 6.17. The maximum absolute atomic E-state index is 12.9. The number of aromatic nitrogens is 3. The van der Waals surface area contributed by atoms with Crippen LogP contribution in [0.3, 0.4) is 0 Å². The van der Waals surface area contributed by atoms with E-state index < -0.39 is 0 Å². The first kappa shape index (κ1) is 20.8. The summed E-state index contributed by atoms with van der Waals surface area (Å²) in [5.41, 5.74) is 4.28. The minimum Gasteiger partial charge on any atom is -0.353 e. The van der Waals surface area contributed by atoms with Gasteiger partial charge in [-0.25, -0.2) is 4.68 Å². The molecular weight excluding hydrogens is 366 g/mol. The molecule has 0 radical (unpaired) electrons. The fourth-order valence-corrected chi connectivity index (χ4v) is 3.46. The molecule has 0 fully saturated rings. The first-order chi connectivity index (χ1) is 13.8. The van der Waals surface area contributed by atoms with E-state index in [4.69, 9.17) is 5.10 Å². The first-order valence-corrected chi connectivity index (χ1v) is 9.92. The third-order valence-corrected chi connectivity index (χ3v) is 5.02. The molecule has 2 heterocycles. The molecule has 154 valence electrons. The number of carbonyl (C=O) groups excluding carboxylic acids is 1. The summed E-state index contributed by atoms with van der Waals surface area (Å²) in [5, 5.41) is 8.54. The van der Waals surface area contributed by atoms with Gasteiger partial charge >= 0.3 is 0 Å². The van der Waals surface area contributed by atoms with E-state index >= 15 is 0 Å². The summed E-state index contributed by atoms with van der Waals surface area (Å²) in [5.74, 6) is -0.186. The van der Waals surface area contributed by atoms with Crippen LogP contribution in [0.25, 0.3) is 16.7 Å². The smallest absolute Gasteiger partial charge is 0.252 e. The Morgan fingerprint density at radius 2 is 1.86 bits per heavy atom. The molecule has 2 aromatic heterocycles. The van der Waals surface area contributed by atoms with Crippen molar-refractivity contribution in [3.8, 4) is 5.69 Å². The van der Waals surface area contributed by atoms with E-state index in [1.165, 1.54) is 4.57 Å². The van der Waals surface area contributed by atoms with Gasteiger partial charge in [-0.3, -0.25) is 14.2 Å². The number of likely N-dealkylation sites (N-methyl/N-ethyl adjacent to an activating group) is 1. The summed E-state index contributed by atoms with van der Waals surface area (Å²) in [6.07, 6.45) is 0.724. The van der Waals surface area contributed by atoms with Crippen LogP contribution in [0.1, 0.15) is 23.7 Å². The molecule has 0 unspecified atom stereocenters. The number of rotatable bonds is 7. The Labute approximate surface area is 170 Å². The monoisotopic (exact) mass is 395 g/mol. The van der Waals surface area contributed by atoms with E-state index in [2.05, 4.69) is 5.32 Å². The highest BCUT2D eigenvalue weighted by Crippen LogP contribution is 2.24. The third kappa shape index (κ3) is 4.40. The molecule has 0 aliphatic heterocycles. The van der Waals surface area contributed by atoms with Crippen LogP contribution in [0.4, 0.5) is 0 Å². The van der Waals surface area contributed by atoms with Gasteiger partial charge in [-0.2, -0.15) is 5.10 Å². The summed E-state index contributed by atoms with van der Waals surface area (Å²) in [6.45, 7) is 7.23. The molecule has 3 rings (SSSR count). The van der Waals surface area contributed by atoms with Crippen molar-refractivity contribution in [1.29, 1.82) is 0 Å². The predicted octanol–water partition coefficient (Wildman–Crippen LogP) is 2.04. The maximum Gasteiger partial charge on any atom is 0.252 e. The largest absolute Gasteiger partial charge is 0.353 e. The zero-order valence-electron chi connectivity index (χ0n) is 17.8. The fourth-order valence-electron chi connectivity index (χ4n) is 3.46. The number of carbonyl (C=O) groups is 1. The van der Waals surface area contributed by atoms with Crippen LogP contribution in [-0.4, -0.2) is 52.3 Å². The van der Waals surface area contributed by atoms with Gasteiger partial charge in [0, 0.05) is 24.5 Å². The van der Waals surface area contributed by atoms with Crippen molar-refractivity contribution >= 4 is 16.9 Å². The van der Waals surface area contributed by atoms with Gasteiger partial charge in [0.05, 0.1) is 11.4 Å². The van der Waals surface area contributed by atoms with Gasteiger partial charge in [0.2, 0.25) is 5.91 Å². The van der Waals surface area contributed by atoms with E-state index in [1.807, 2.05) is 64.0 Å². The number of hydrogen-bond donors (Lipinski definition) is 1. The minimum atomic E-state index is -0.189. The SMILES string of the molecule is CCc1cc(=O)n(CC(=O)NCCN(C)C)c2c1c(C)nn2-c1ccc(C)cc1. The lowest BCUT2D eigenvalue weighted by molar-refractivity contribution is -0.121. The van der Waals surface area contributed by atoms with Gasteiger partial charge in [-0.05, 0) is 52.1 Å². The van der Waals surface area contributed by atoms with Crippen LogP contribution in [0.5, 0.6) is 0 Å². The van der Waals surface area contributed by atoms with E-state index in [1.54, 1.807) is 10.7 Å². The average Bonchev–Trinajstić information content (AvgIpc) is 3.01. The normalized spacial score (nSPS) is 11.4. The number of pyridine rings is 1. The Hall–Kier alpha value is -2.93. The summed E-state index contributed by atoms with van der Waals surface area (Å²) in [4.78, 5) is 27.4. The van der Waals surface area contributed by atoms with Gasteiger partial charge in [0.1, 0.15) is 12.2 Å². The Morgan fingerprint density at radius 3 is 2.48 bits per heavy atom. The van der Waals surface area contributed by atoms with Gasteiger partial charge in [0.15, 0.2) is 0 Å². The maximum atomic E-state index is 12.9. The second-order valence-electron chi connectivity index (χ2n) is 7.63. The molecule has 1 aromatic carbocycles. The van der Waals surface area contributed by atoms with Crippen LogP contribution in [0.15, 0.2) is 35.1 Å². The Bertz CT molecular complexity index is 1080. The zero-order valence-corrected chi connectivity index (χ0v) is 17.8. The van der Waals surface area contributed by atoms with Crippen LogP contribution >= 0.6 is 0 Å². The van der Waals surface area contributed by atoms with E-state index in [-0.39, 0.29) is 18.0 Å². The number of amides is 1. The summed E-state index contributed by atoms with van der Waals surface area (Å²) >= 11 is 0. The van der Waals surface area contributed by atoms with Crippen LogP contribution in [-0.2, 0) is 17.8 Å². The highest BCUT2D eigenvalue weighted by atomic mass is 16.2. The van der Waals surface area contributed by atoms with Gasteiger partial charge < -0.3 is 10.2 Å². The van der Waals surface area contributed by atoms with Crippen molar-refractivity contribution in [3.05, 3.63) is 57.5 Å². The summed E-state index contributed by atoms with van der Waals surface area (Å²) in [6, 6.07) is 9.61. The number of fused-ring (bicyclic) bond motifs is 1. The molecule has 0 atom stereocenters. The lowest BCUT2D eigenvalue weighted by Gasteiger charge is -2.14. The fraction of sp³-hybridized carbons (Fsp3) is 0.409. The van der Waals surface area contributed by atoms with Gasteiger partial charge in [-0.15, -0.1) is 0 Å². The zero-order chi connectivity index (χ0) is 21.1. The van der Waals surface area contributed by atoms with E-state index in [0.29, 0.717) is 12.2 Å². The van der Waals surface area contributed by atoms with Crippen molar-refractivity contribution in [2.45, 2.75) is 33.7 Å². The van der Waals surface area contributed by atoms with Crippen molar-refractivity contribution < 1.29 is 4.79 Å². The number of nitrogens with one attached hydrogen (secondary N) is 1. The molecule has 0 saturated carbocycles. The van der Waals surface area contributed by atoms with Crippen LogP contribution < -0.4 is 10.9 Å². The summed E-state index contributed by atoms with van der Waals surface area (Å²) in [7, 11) is 3.90. The molecular formula is C22H29N5O2. The molecule has 0 saturated heterocycles. The van der Waals surface area contributed by atoms with Crippen LogP contribution in [0.2, 0.25) is 0 Å². The quantitative estimate of drug-likeness (QED) is 0.665. The Morgan fingerprint density at radius 1 is 1.17 bits per heavy atom. The number of nitrogens with zero attached hydrogens (tertiary/aromatic N) is 4. The van der Waals surface area contributed by atoms with Crippen LogP contribution in [0, 0.1) is 13.8 Å². The van der Waals surface area contributed by atoms with E-state index in [9.17, 15) is 9.59 Å². The highest BCUT2D eigenvalue weighted by molar-refractivity contribution is 5.85. The lowest BCUT2D eigenvalue weighted by atomic mass is 10.1. The molecule has 7 heteroatoms. The number of hydrogen-bond acceptors (Lipinski definition) is 4. The molecule has 7 nitrogen and oxygen atoms in total. The van der Waals surface area contributed by atoms with Gasteiger partial charge in [-0.1, -0.05) is 24.6 Å². The predicted molar refractivity (Wildman–Crippen MR) is 116 cm³/mol. The molecule has 0 bridgehead atoms. The molecule has 3 aromatic rings. The molecule has 1 amide bonds. The standard InChI is InChI=1S/C22H29N5O2/c1-6-17-13-20(29)26(14-19(28)23-11-12-25(4)5)22-21(17)16(3)24-27(22)18-9-7-15(2)8-10-18/h7-10,13H,6,11-12,14H2,1-5H3,(H,23,28). The Balaban J connectivity index is 2.11. The van der Waals surface area contributed by atoms with Crippen molar-refractivity contribution in [1.82, 2.24) is 24.6 Å². The topological polar surface area (TPSA) is 72.2 Å². The second-order valence-corrected chi connectivity index (χ2v) is 7.63. The van der Waals surface area contributed by atoms with Crippen molar-refractivity contribution in [2.24, 2.45) is 0 Å². The molecule has 0 spiro atoms. The molecule has 29 heavy (non-hydrogen) atoms. The lowest BCUT2D eigenvalue weighted by Crippen LogP contribution is -2.36. The first-order valence-electron chi connectivity index (χ1n) is 9.92. The van der Waals surface area contributed by atoms with E-state index in [0.717, 1.165) is 40.9 Å². The number of benzene rings is 1. The third-order valence-electron chi connectivity index (χ3n) is 5.02. The van der Waals surface area contributed by atoms with Gasteiger partial charge in [0.25, 0.3) is 5.56 Å². The minimum absolute atomic E-state index is 0.0379. The highest BCUT2D eigenvalue weighted by Gasteiger charge is 2.19. The number of aryl methyl sites for hydroxylation is 3. The summed E-state index contributed by atoms with van der Waals surface area (Å²) < 4.78 is 3.30. The second kappa shape index (κ2) is 8.61. The van der Waals surface area contributed by atoms with Crippen molar-refractivity contribution in [3.63, 3.8) is 0 Å².